The first-order valence-corrected chi connectivity index (χ1v) is 8.10. The van der Waals surface area contributed by atoms with Crippen molar-refractivity contribution in [2.24, 2.45) is 17.3 Å². The van der Waals surface area contributed by atoms with E-state index in [0.717, 1.165) is 23.3 Å². The summed E-state index contributed by atoms with van der Waals surface area (Å²) >= 11 is 0. The summed E-state index contributed by atoms with van der Waals surface area (Å²) in [5.74, 6) is 2.00. The molecule has 3 fully saturated rings. The first kappa shape index (κ1) is 12.9. The molecule has 1 saturated heterocycles. The third-order valence-electron chi connectivity index (χ3n) is 6.08. The van der Waals surface area contributed by atoms with Crippen molar-refractivity contribution >= 4 is 0 Å². The molecule has 3 aliphatic rings. The lowest BCUT2D eigenvalue weighted by molar-refractivity contribution is 0.154. The van der Waals surface area contributed by atoms with Crippen LogP contribution in [0, 0.1) is 17.3 Å². The van der Waals surface area contributed by atoms with Gasteiger partial charge >= 0.3 is 0 Å². The van der Waals surface area contributed by atoms with Crippen LogP contribution in [-0.4, -0.2) is 37.6 Å². The molecule has 1 N–H and O–H groups in total. The van der Waals surface area contributed by atoms with Crippen molar-refractivity contribution in [3.63, 3.8) is 0 Å². The fourth-order valence-electron chi connectivity index (χ4n) is 4.41. The maximum absolute atomic E-state index is 3.51. The van der Waals surface area contributed by atoms with Crippen molar-refractivity contribution in [3.05, 3.63) is 0 Å². The van der Waals surface area contributed by atoms with Crippen molar-refractivity contribution in [2.75, 3.05) is 26.7 Å². The molecule has 2 aliphatic carbocycles. The van der Waals surface area contributed by atoms with E-state index >= 15 is 0 Å². The highest BCUT2D eigenvalue weighted by Gasteiger charge is 2.53. The number of hydrogen-bond donors (Lipinski definition) is 1. The van der Waals surface area contributed by atoms with Gasteiger partial charge in [0.1, 0.15) is 0 Å². The van der Waals surface area contributed by atoms with E-state index in [1.165, 1.54) is 64.6 Å². The Bertz CT molecular complexity index is 275. The molecule has 104 valence electrons. The molecular weight excluding hydrogens is 220 g/mol. The standard InChI is InChI=1S/C16H30N2/c1-13-3-5-15(6-4-13)18(2)12-14-11-16(14)7-9-17-10-8-16/h13-15,17H,3-12H2,1-2H3. The molecule has 0 aromatic carbocycles. The maximum Gasteiger partial charge on any atom is 0.00925 e. The SMILES string of the molecule is CC1CCC(N(C)CC2CC23CCNCC3)CC1. The maximum atomic E-state index is 3.51. The molecule has 2 saturated carbocycles. The van der Waals surface area contributed by atoms with Crippen molar-refractivity contribution < 1.29 is 0 Å². The van der Waals surface area contributed by atoms with Crippen LogP contribution in [-0.2, 0) is 0 Å². The average Bonchev–Trinajstić information content (AvgIpc) is 3.02. The van der Waals surface area contributed by atoms with Gasteiger partial charge in [-0.2, -0.15) is 0 Å². The summed E-state index contributed by atoms with van der Waals surface area (Å²) in [5.41, 5.74) is 0.765. The van der Waals surface area contributed by atoms with Crippen LogP contribution >= 0.6 is 0 Å². The van der Waals surface area contributed by atoms with Crippen LogP contribution in [0.2, 0.25) is 0 Å². The van der Waals surface area contributed by atoms with E-state index in [0.29, 0.717) is 0 Å². The highest BCUT2D eigenvalue weighted by atomic mass is 15.1. The molecule has 1 unspecified atom stereocenters. The summed E-state index contributed by atoms with van der Waals surface area (Å²) in [7, 11) is 2.38. The molecule has 18 heavy (non-hydrogen) atoms. The monoisotopic (exact) mass is 250 g/mol. The quantitative estimate of drug-likeness (QED) is 0.828. The van der Waals surface area contributed by atoms with Crippen LogP contribution in [0.4, 0.5) is 0 Å². The van der Waals surface area contributed by atoms with Crippen molar-refractivity contribution in [2.45, 2.75) is 57.9 Å². The summed E-state index contributed by atoms with van der Waals surface area (Å²) < 4.78 is 0. The summed E-state index contributed by atoms with van der Waals surface area (Å²) in [6, 6.07) is 0.889. The second-order valence-corrected chi connectivity index (χ2v) is 7.37. The molecule has 1 aliphatic heterocycles. The zero-order chi connectivity index (χ0) is 12.6. The van der Waals surface area contributed by atoms with Gasteiger partial charge in [0.15, 0.2) is 0 Å². The fraction of sp³-hybridized carbons (Fsp3) is 1.00. The smallest absolute Gasteiger partial charge is 0.00925 e. The average molecular weight is 250 g/mol. The van der Waals surface area contributed by atoms with Gasteiger partial charge in [0.25, 0.3) is 0 Å². The van der Waals surface area contributed by atoms with Crippen LogP contribution in [0.5, 0.6) is 0 Å². The third kappa shape index (κ3) is 2.60. The fourth-order valence-corrected chi connectivity index (χ4v) is 4.41. The minimum absolute atomic E-state index is 0.765. The van der Waals surface area contributed by atoms with E-state index in [1.807, 2.05) is 0 Å². The van der Waals surface area contributed by atoms with Crippen LogP contribution in [0.25, 0.3) is 0 Å². The van der Waals surface area contributed by atoms with Crippen LogP contribution in [0.3, 0.4) is 0 Å². The van der Waals surface area contributed by atoms with E-state index < -0.39 is 0 Å². The first-order valence-electron chi connectivity index (χ1n) is 8.10. The highest BCUT2D eigenvalue weighted by molar-refractivity contribution is 5.05. The Morgan fingerprint density at radius 3 is 2.44 bits per heavy atom. The van der Waals surface area contributed by atoms with Gasteiger partial charge in [-0.3, -0.25) is 0 Å². The molecule has 2 heteroatoms. The molecule has 0 aromatic heterocycles. The molecule has 2 nitrogen and oxygen atoms in total. The van der Waals surface area contributed by atoms with Crippen molar-refractivity contribution in [1.29, 1.82) is 0 Å². The molecule has 1 atom stereocenters. The Hall–Kier alpha value is -0.0800. The molecule has 1 spiro atoms. The van der Waals surface area contributed by atoms with E-state index in [-0.39, 0.29) is 0 Å². The van der Waals surface area contributed by atoms with E-state index in [1.54, 1.807) is 0 Å². The normalized spacial score (nSPS) is 39.2. The zero-order valence-electron chi connectivity index (χ0n) is 12.3. The number of piperidine rings is 1. The molecular formula is C16H30N2. The Labute approximate surface area is 113 Å². The van der Waals surface area contributed by atoms with Gasteiger partial charge in [0.2, 0.25) is 0 Å². The van der Waals surface area contributed by atoms with Gasteiger partial charge in [-0.1, -0.05) is 6.92 Å². The van der Waals surface area contributed by atoms with Gasteiger partial charge in [-0.15, -0.1) is 0 Å². The van der Waals surface area contributed by atoms with Crippen LogP contribution in [0.15, 0.2) is 0 Å². The van der Waals surface area contributed by atoms with Crippen molar-refractivity contribution in [1.82, 2.24) is 10.2 Å². The number of nitrogens with one attached hydrogen (secondary N) is 1. The van der Waals surface area contributed by atoms with Crippen LogP contribution < -0.4 is 5.32 Å². The Kier molecular flexibility index (Phi) is 3.68. The largest absolute Gasteiger partial charge is 0.317 e. The van der Waals surface area contributed by atoms with E-state index in [4.69, 9.17) is 0 Å². The van der Waals surface area contributed by atoms with E-state index in [9.17, 15) is 0 Å². The topological polar surface area (TPSA) is 15.3 Å². The summed E-state index contributed by atoms with van der Waals surface area (Å²) in [4.78, 5) is 2.70. The van der Waals surface area contributed by atoms with Crippen molar-refractivity contribution in [3.8, 4) is 0 Å². The summed E-state index contributed by atoms with van der Waals surface area (Å²) in [6.45, 7) is 6.32. The zero-order valence-corrected chi connectivity index (χ0v) is 12.3. The van der Waals surface area contributed by atoms with Gasteiger partial charge in [0.05, 0.1) is 0 Å². The molecule has 1 heterocycles. The molecule has 0 amide bonds. The molecule has 0 bridgehead atoms. The Morgan fingerprint density at radius 1 is 1.11 bits per heavy atom. The van der Waals surface area contributed by atoms with Gasteiger partial charge in [0, 0.05) is 12.6 Å². The van der Waals surface area contributed by atoms with Crippen LogP contribution in [0.1, 0.15) is 51.9 Å². The predicted octanol–water partition coefficient (Wildman–Crippen LogP) is 2.89. The number of nitrogens with zero attached hydrogens (tertiary/aromatic N) is 1. The summed E-state index contributed by atoms with van der Waals surface area (Å²) in [5, 5.41) is 3.51. The third-order valence-corrected chi connectivity index (χ3v) is 6.08. The summed E-state index contributed by atoms with van der Waals surface area (Å²) in [6.07, 6.45) is 10.2. The highest BCUT2D eigenvalue weighted by Crippen LogP contribution is 2.58. The number of rotatable bonds is 3. The minimum atomic E-state index is 0.765. The molecule has 3 rings (SSSR count). The minimum Gasteiger partial charge on any atom is -0.317 e. The van der Waals surface area contributed by atoms with Gasteiger partial charge in [-0.05, 0) is 82.3 Å². The first-order chi connectivity index (χ1) is 8.70. The Balaban J connectivity index is 1.46. The second-order valence-electron chi connectivity index (χ2n) is 7.37. The second kappa shape index (κ2) is 5.13. The van der Waals surface area contributed by atoms with E-state index in [2.05, 4.69) is 24.2 Å². The lowest BCUT2D eigenvalue weighted by Crippen LogP contribution is -2.37. The van der Waals surface area contributed by atoms with Gasteiger partial charge < -0.3 is 10.2 Å². The molecule has 0 radical (unpaired) electrons. The molecule has 0 aromatic rings. The lowest BCUT2D eigenvalue weighted by atomic mass is 9.86. The Morgan fingerprint density at radius 2 is 1.78 bits per heavy atom. The lowest BCUT2D eigenvalue weighted by Gasteiger charge is -2.34. The van der Waals surface area contributed by atoms with Gasteiger partial charge in [-0.25, -0.2) is 0 Å². The number of hydrogen-bond acceptors (Lipinski definition) is 2. The predicted molar refractivity (Wildman–Crippen MR) is 76.7 cm³/mol.